The Kier molecular flexibility index (Phi) is 5.05. The van der Waals surface area contributed by atoms with Gasteiger partial charge in [-0.2, -0.15) is 0 Å². The van der Waals surface area contributed by atoms with E-state index < -0.39 is 16.9 Å². The second kappa shape index (κ2) is 6.02. The van der Waals surface area contributed by atoms with Crippen molar-refractivity contribution >= 4 is 12.0 Å². The number of likely N-dealkylation sites (tertiary alicyclic amines) is 1. The van der Waals surface area contributed by atoms with Gasteiger partial charge in [-0.3, -0.25) is 4.79 Å². The number of carbonyl (C=O) groups excluding carboxylic acids is 1. The van der Waals surface area contributed by atoms with Gasteiger partial charge in [0.15, 0.2) is 0 Å². The van der Waals surface area contributed by atoms with Gasteiger partial charge in [0.2, 0.25) is 0 Å². The Morgan fingerprint density at radius 3 is 2.40 bits per heavy atom. The van der Waals surface area contributed by atoms with Crippen LogP contribution >= 0.6 is 0 Å². The molecule has 0 radical (unpaired) electrons. The lowest BCUT2D eigenvalue weighted by Crippen LogP contribution is -2.59. The summed E-state index contributed by atoms with van der Waals surface area (Å²) >= 11 is 0. The van der Waals surface area contributed by atoms with E-state index >= 15 is 0 Å². The molecule has 1 atom stereocenters. The van der Waals surface area contributed by atoms with E-state index in [9.17, 15) is 14.7 Å². The van der Waals surface area contributed by atoms with Gasteiger partial charge >= 0.3 is 12.0 Å². The first kappa shape index (κ1) is 16.8. The largest absolute Gasteiger partial charge is 0.481 e. The van der Waals surface area contributed by atoms with Crippen LogP contribution in [0.2, 0.25) is 0 Å². The molecule has 0 aromatic carbocycles. The van der Waals surface area contributed by atoms with Crippen molar-refractivity contribution in [1.29, 1.82) is 0 Å². The first-order valence-corrected chi connectivity index (χ1v) is 7.42. The summed E-state index contributed by atoms with van der Waals surface area (Å²) in [5, 5.41) is 12.2. The molecule has 0 saturated carbocycles. The second-order valence-electron chi connectivity index (χ2n) is 6.87. The molecule has 1 rings (SSSR count). The van der Waals surface area contributed by atoms with Gasteiger partial charge in [-0.25, -0.2) is 4.79 Å². The Balaban J connectivity index is 2.64. The van der Waals surface area contributed by atoms with Crippen LogP contribution in [-0.4, -0.2) is 40.6 Å². The normalized spacial score (nSPS) is 20.1. The third-order valence-corrected chi connectivity index (χ3v) is 4.79. The topological polar surface area (TPSA) is 69.6 Å². The Hall–Kier alpha value is -1.26. The number of hydrogen-bond acceptors (Lipinski definition) is 2. The highest BCUT2D eigenvalue weighted by molar-refractivity contribution is 5.79. The predicted molar refractivity (Wildman–Crippen MR) is 78.6 cm³/mol. The Bertz CT molecular complexity index is 377. The minimum absolute atomic E-state index is 0.150. The van der Waals surface area contributed by atoms with E-state index in [-0.39, 0.29) is 6.03 Å². The maximum atomic E-state index is 12.3. The molecule has 1 saturated heterocycles. The van der Waals surface area contributed by atoms with Crippen LogP contribution in [0.25, 0.3) is 0 Å². The van der Waals surface area contributed by atoms with Crippen molar-refractivity contribution in [2.45, 2.75) is 59.4 Å². The van der Waals surface area contributed by atoms with Gasteiger partial charge in [0.25, 0.3) is 0 Å². The van der Waals surface area contributed by atoms with Crippen molar-refractivity contribution in [3.63, 3.8) is 0 Å². The third kappa shape index (κ3) is 3.44. The van der Waals surface area contributed by atoms with Gasteiger partial charge in [0.1, 0.15) is 0 Å². The first-order valence-electron chi connectivity index (χ1n) is 7.42. The summed E-state index contributed by atoms with van der Waals surface area (Å²) in [5.41, 5.74) is -1.83. The Morgan fingerprint density at radius 2 is 1.90 bits per heavy atom. The summed E-state index contributed by atoms with van der Waals surface area (Å²) in [6.07, 6.45) is 3.33. The number of urea groups is 1. The predicted octanol–water partition coefficient (Wildman–Crippen LogP) is 2.71. The minimum atomic E-state index is -1.02. The van der Waals surface area contributed by atoms with E-state index in [0.717, 1.165) is 32.4 Å². The van der Waals surface area contributed by atoms with Crippen molar-refractivity contribution in [2.75, 3.05) is 13.1 Å². The highest BCUT2D eigenvalue weighted by Gasteiger charge is 2.45. The molecule has 5 heteroatoms. The van der Waals surface area contributed by atoms with Gasteiger partial charge in [-0.15, -0.1) is 0 Å². The molecule has 1 aliphatic rings. The maximum absolute atomic E-state index is 12.3. The molecule has 0 bridgehead atoms. The van der Waals surface area contributed by atoms with Gasteiger partial charge in [-0.1, -0.05) is 13.3 Å². The summed E-state index contributed by atoms with van der Waals surface area (Å²) in [4.78, 5) is 25.5. The summed E-state index contributed by atoms with van der Waals surface area (Å²) in [6.45, 7) is 10.5. The zero-order valence-corrected chi connectivity index (χ0v) is 13.3. The van der Waals surface area contributed by atoms with E-state index in [1.807, 2.05) is 0 Å². The van der Waals surface area contributed by atoms with Crippen molar-refractivity contribution in [3.8, 4) is 0 Å². The van der Waals surface area contributed by atoms with Crippen LogP contribution in [-0.2, 0) is 4.79 Å². The highest BCUT2D eigenvalue weighted by atomic mass is 16.4. The zero-order valence-electron chi connectivity index (χ0n) is 13.3. The Labute approximate surface area is 121 Å². The Morgan fingerprint density at radius 1 is 1.30 bits per heavy atom. The average Bonchev–Trinajstić information content (AvgIpc) is 2.77. The van der Waals surface area contributed by atoms with Gasteiger partial charge in [-0.05, 0) is 46.5 Å². The molecule has 5 nitrogen and oxygen atoms in total. The summed E-state index contributed by atoms with van der Waals surface area (Å²) in [6, 6.07) is -0.150. The van der Waals surface area contributed by atoms with Gasteiger partial charge in [0, 0.05) is 13.1 Å². The van der Waals surface area contributed by atoms with E-state index in [4.69, 9.17) is 0 Å². The zero-order chi connectivity index (χ0) is 15.6. The first-order chi connectivity index (χ1) is 9.11. The SMILES string of the molecule is CCCC1CCN(C(=O)NC(C)(C)C(C)(C)C(=O)O)C1. The summed E-state index contributed by atoms with van der Waals surface area (Å²) < 4.78 is 0. The quantitative estimate of drug-likeness (QED) is 0.815. The number of amides is 2. The second-order valence-corrected chi connectivity index (χ2v) is 6.87. The molecule has 2 amide bonds. The fraction of sp³-hybridized carbons (Fsp3) is 0.867. The number of aliphatic carboxylic acids is 1. The highest BCUT2D eigenvalue weighted by Crippen LogP contribution is 2.31. The fourth-order valence-corrected chi connectivity index (χ4v) is 2.43. The van der Waals surface area contributed by atoms with E-state index in [1.54, 1.807) is 32.6 Å². The van der Waals surface area contributed by atoms with Crippen LogP contribution in [0.4, 0.5) is 4.79 Å². The summed E-state index contributed by atoms with van der Waals surface area (Å²) in [5.74, 6) is -0.325. The van der Waals surface area contributed by atoms with Crippen molar-refractivity contribution in [2.24, 2.45) is 11.3 Å². The van der Waals surface area contributed by atoms with Crippen LogP contribution in [0.1, 0.15) is 53.9 Å². The number of rotatable bonds is 5. The standard InChI is InChI=1S/C15H28N2O3/c1-6-7-11-8-9-17(10-11)13(20)16-15(4,5)14(2,3)12(18)19/h11H,6-10H2,1-5H3,(H,16,20)(H,18,19). The van der Waals surface area contributed by atoms with Crippen molar-refractivity contribution in [3.05, 3.63) is 0 Å². The van der Waals surface area contributed by atoms with E-state index in [2.05, 4.69) is 12.2 Å². The maximum Gasteiger partial charge on any atom is 0.317 e. The smallest absolute Gasteiger partial charge is 0.317 e. The number of carboxylic acids is 1. The summed E-state index contributed by atoms with van der Waals surface area (Å²) in [7, 11) is 0. The van der Waals surface area contributed by atoms with Crippen LogP contribution in [0.3, 0.4) is 0 Å². The number of nitrogens with one attached hydrogen (secondary N) is 1. The number of carbonyl (C=O) groups is 2. The fourth-order valence-electron chi connectivity index (χ4n) is 2.43. The molecule has 1 aliphatic heterocycles. The molecule has 2 N–H and O–H groups in total. The van der Waals surface area contributed by atoms with E-state index in [1.165, 1.54) is 0 Å². The van der Waals surface area contributed by atoms with Crippen LogP contribution in [0, 0.1) is 11.3 Å². The van der Waals surface area contributed by atoms with E-state index in [0.29, 0.717) is 5.92 Å². The molecule has 1 unspecified atom stereocenters. The van der Waals surface area contributed by atoms with Crippen LogP contribution in [0.5, 0.6) is 0 Å². The van der Waals surface area contributed by atoms with Gasteiger partial charge in [0.05, 0.1) is 11.0 Å². The molecule has 0 aliphatic carbocycles. The minimum Gasteiger partial charge on any atom is -0.481 e. The van der Waals surface area contributed by atoms with Crippen LogP contribution < -0.4 is 5.32 Å². The third-order valence-electron chi connectivity index (χ3n) is 4.79. The number of nitrogens with zero attached hydrogens (tertiary/aromatic N) is 1. The van der Waals surface area contributed by atoms with Crippen LogP contribution in [0.15, 0.2) is 0 Å². The molecule has 20 heavy (non-hydrogen) atoms. The van der Waals surface area contributed by atoms with Crippen molar-refractivity contribution < 1.29 is 14.7 Å². The van der Waals surface area contributed by atoms with Crippen molar-refractivity contribution in [1.82, 2.24) is 10.2 Å². The lowest BCUT2D eigenvalue weighted by molar-refractivity contribution is -0.150. The molecule has 0 spiro atoms. The molecular formula is C15H28N2O3. The number of carboxylic acid groups (broad SMARTS) is 1. The number of hydrogen-bond donors (Lipinski definition) is 2. The van der Waals surface area contributed by atoms with Gasteiger partial charge < -0.3 is 15.3 Å². The average molecular weight is 284 g/mol. The lowest BCUT2D eigenvalue weighted by Gasteiger charge is -2.39. The lowest BCUT2D eigenvalue weighted by atomic mass is 9.74. The molecule has 116 valence electrons. The monoisotopic (exact) mass is 284 g/mol. The molecule has 0 aromatic heterocycles. The molecular weight excluding hydrogens is 256 g/mol. The molecule has 1 fully saturated rings. The molecule has 0 aromatic rings. The molecule has 1 heterocycles.